The predicted octanol–water partition coefficient (Wildman–Crippen LogP) is 6.16. The molecule has 2 saturated carbocycles. The van der Waals surface area contributed by atoms with E-state index >= 15 is 0 Å². The van der Waals surface area contributed by atoms with Gasteiger partial charge >= 0.3 is 11.8 Å². The van der Waals surface area contributed by atoms with Crippen LogP contribution in [0.3, 0.4) is 0 Å². The topological polar surface area (TPSA) is 0 Å². The van der Waals surface area contributed by atoms with Crippen molar-refractivity contribution in [3.05, 3.63) is 0 Å². The standard InChI is InChI=1S/C12H10Cl2F10/c13-11(23)5(3-9(11,19)20)1-7(15,16)8(17,18)2-6-4-10(21,22)12(6,14)24/h5-6H,1-4H2/t5-,6+,11-,12+. The molecule has 12 heteroatoms. The second kappa shape index (κ2) is 5.20. The Labute approximate surface area is 139 Å². The first-order chi connectivity index (χ1) is 10.4. The van der Waals surface area contributed by atoms with E-state index < -0.39 is 71.5 Å². The van der Waals surface area contributed by atoms with Crippen molar-refractivity contribution in [3.8, 4) is 0 Å². The lowest BCUT2D eigenvalue weighted by atomic mass is 9.71. The third kappa shape index (κ3) is 2.75. The van der Waals surface area contributed by atoms with E-state index in [1.165, 1.54) is 0 Å². The van der Waals surface area contributed by atoms with E-state index in [0.717, 1.165) is 0 Å². The molecule has 0 nitrogen and oxygen atoms in total. The van der Waals surface area contributed by atoms with Gasteiger partial charge in [-0.25, -0.2) is 26.3 Å². The molecule has 4 atom stereocenters. The Morgan fingerprint density at radius 3 is 1.08 bits per heavy atom. The molecule has 0 aliphatic heterocycles. The van der Waals surface area contributed by atoms with Crippen molar-refractivity contribution in [3.63, 3.8) is 0 Å². The quantitative estimate of drug-likeness (QED) is 0.373. The monoisotopic (exact) mass is 414 g/mol. The largest absolute Gasteiger partial charge is 0.310 e. The summed E-state index contributed by atoms with van der Waals surface area (Å²) < 4.78 is 133. The highest BCUT2D eigenvalue weighted by atomic mass is 35.5. The molecule has 0 radical (unpaired) electrons. The zero-order valence-electron chi connectivity index (χ0n) is 11.5. The highest BCUT2D eigenvalue weighted by Crippen LogP contribution is 2.63. The van der Waals surface area contributed by atoms with Gasteiger partial charge in [0.2, 0.25) is 10.3 Å². The van der Waals surface area contributed by atoms with Gasteiger partial charge < -0.3 is 0 Å². The summed E-state index contributed by atoms with van der Waals surface area (Å²) in [6.07, 6.45) is -7.02. The second-order valence-electron chi connectivity index (χ2n) is 6.27. The zero-order chi connectivity index (χ0) is 19.0. The molecule has 2 fully saturated rings. The van der Waals surface area contributed by atoms with Crippen LogP contribution in [0.15, 0.2) is 0 Å². The van der Waals surface area contributed by atoms with Gasteiger partial charge in [-0.1, -0.05) is 23.2 Å². The van der Waals surface area contributed by atoms with Gasteiger partial charge in [0.1, 0.15) is 0 Å². The molecule has 0 aromatic heterocycles. The molecular formula is C12H10Cl2F10. The lowest BCUT2D eigenvalue weighted by Crippen LogP contribution is -2.62. The van der Waals surface area contributed by atoms with Crippen molar-refractivity contribution in [1.29, 1.82) is 0 Å². The summed E-state index contributed by atoms with van der Waals surface area (Å²) in [5.74, 6) is -23.0. The third-order valence-electron chi connectivity index (χ3n) is 4.55. The summed E-state index contributed by atoms with van der Waals surface area (Å²) in [7, 11) is 0. The Kier molecular flexibility index (Phi) is 4.38. The van der Waals surface area contributed by atoms with Crippen molar-refractivity contribution in [2.24, 2.45) is 11.8 Å². The van der Waals surface area contributed by atoms with Crippen LogP contribution in [-0.2, 0) is 0 Å². The van der Waals surface area contributed by atoms with E-state index in [9.17, 15) is 43.9 Å². The van der Waals surface area contributed by atoms with E-state index in [-0.39, 0.29) is 0 Å². The Morgan fingerprint density at radius 1 is 0.667 bits per heavy atom. The average Bonchev–Trinajstić information content (AvgIpc) is 2.36. The first kappa shape index (κ1) is 20.2. The van der Waals surface area contributed by atoms with Crippen LogP contribution < -0.4 is 0 Å². The summed E-state index contributed by atoms with van der Waals surface area (Å²) in [6, 6.07) is 0. The Morgan fingerprint density at radius 2 is 0.917 bits per heavy atom. The van der Waals surface area contributed by atoms with Crippen LogP contribution in [0, 0.1) is 11.8 Å². The van der Waals surface area contributed by atoms with Crippen LogP contribution in [0.4, 0.5) is 43.9 Å². The first-order valence-electron chi connectivity index (χ1n) is 6.64. The molecule has 0 N–H and O–H groups in total. The summed E-state index contributed by atoms with van der Waals surface area (Å²) in [4.78, 5) is 0. The van der Waals surface area contributed by atoms with E-state index in [2.05, 4.69) is 0 Å². The molecular weight excluding hydrogens is 405 g/mol. The number of halogens is 12. The minimum Gasteiger partial charge on any atom is -0.219 e. The molecule has 2 aliphatic rings. The average molecular weight is 415 g/mol. The van der Waals surface area contributed by atoms with Crippen molar-refractivity contribution < 1.29 is 43.9 Å². The van der Waals surface area contributed by atoms with Gasteiger partial charge in [0.25, 0.3) is 11.8 Å². The fourth-order valence-electron chi connectivity index (χ4n) is 2.80. The van der Waals surface area contributed by atoms with Gasteiger partial charge in [0.05, 0.1) is 0 Å². The molecule has 0 unspecified atom stereocenters. The Bertz CT molecular complexity index is 470. The minimum absolute atomic E-state index is 1.47. The van der Waals surface area contributed by atoms with Crippen LogP contribution in [0.1, 0.15) is 25.7 Å². The van der Waals surface area contributed by atoms with Crippen molar-refractivity contribution in [2.45, 2.75) is 59.6 Å². The smallest absolute Gasteiger partial charge is 0.219 e. The third-order valence-corrected chi connectivity index (χ3v) is 5.72. The van der Waals surface area contributed by atoms with Crippen molar-refractivity contribution in [2.75, 3.05) is 0 Å². The molecule has 0 aromatic carbocycles. The summed E-state index contributed by atoms with van der Waals surface area (Å²) >= 11 is 9.54. The maximum Gasteiger partial charge on any atom is 0.310 e. The number of hydrogen-bond acceptors (Lipinski definition) is 0. The van der Waals surface area contributed by atoms with Crippen LogP contribution in [0.25, 0.3) is 0 Å². The summed E-state index contributed by atoms with van der Waals surface area (Å²) in [6.45, 7) is 0. The molecule has 0 bridgehead atoms. The lowest BCUT2D eigenvalue weighted by molar-refractivity contribution is -0.280. The van der Waals surface area contributed by atoms with Crippen LogP contribution in [0.2, 0.25) is 0 Å². The Balaban J connectivity index is 2.06. The molecule has 0 spiro atoms. The summed E-state index contributed by atoms with van der Waals surface area (Å²) in [5, 5.41) is -7.82. The van der Waals surface area contributed by atoms with E-state index in [1.807, 2.05) is 0 Å². The molecule has 2 rings (SSSR count). The lowest BCUT2D eigenvalue weighted by Gasteiger charge is -2.49. The molecule has 0 heterocycles. The van der Waals surface area contributed by atoms with Gasteiger partial charge in [0, 0.05) is 37.5 Å². The van der Waals surface area contributed by atoms with Crippen molar-refractivity contribution >= 4 is 23.2 Å². The molecule has 0 amide bonds. The zero-order valence-corrected chi connectivity index (χ0v) is 13.0. The molecule has 142 valence electrons. The number of alkyl halides is 12. The Hall–Kier alpha value is -0.120. The van der Waals surface area contributed by atoms with Crippen molar-refractivity contribution in [1.82, 2.24) is 0 Å². The van der Waals surface area contributed by atoms with E-state index in [0.29, 0.717) is 0 Å². The van der Waals surface area contributed by atoms with E-state index in [1.54, 1.807) is 0 Å². The normalized spacial score (nSPS) is 41.5. The number of hydrogen-bond donors (Lipinski definition) is 0. The van der Waals surface area contributed by atoms with Crippen LogP contribution in [0.5, 0.6) is 0 Å². The molecule has 24 heavy (non-hydrogen) atoms. The van der Waals surface area contributed by atoms with E-state index in [4.69, 9.17) is 23.2 Å². The SMILES string of the molecule is FC(F)(C[C@@H]1CC(F)(F)[C@@]1(F)Cl)C(F)(F)C[C@H]1CC(F)(F)[C@]1(F)Cl. The van der Waals surface area contributed by atoms with Crippen LogP contribution in [-0.4, -0.2) is 33.9 Å². The molecule has 0 saturated heterocycles. The van der Waals surface area contributed by atoms with Gasteiger partial charge in [-0.2, -0.15) is 17.6 Å². The maximum absolute atomic E-state index is 13.7. The fourth-order valence-corrected chi connectivity index (χ4v) is 3.26. The highest BCUT2D eigenvalue weighted by Gasteiger charge is 2.75. The maximum atomic E-state index is 13.7. The van der Waals surface area contributed by atoms with Crippen LogP contribution >= 0.6 is 23.2 Å². The number of rotatable bonds is 5. The molecule has 0 aromatic rings. The summed E-state index contributed by atoms with van der Waals surface area (Å²) in [5.41, 5.74) is 0. The van der Waals surface area contributed by atoms with Gasteiger partial charge in [-0.05, 0) is 0 Å². The fraction of sp³-hybridized carbons (Fsp3) is 1.00. The van der Waals surface area contributed by atoms with Gasteiger partial charge in [-0.15, -0.1) is 0 Å². The molecule has 2 aliphatic carbocycles. The van der Waals surface area contributed by atoms with Gasteiger partial charge in [-0.3, -0.25) is 0 Å². The predicted molar refractivity (Wildman–Crippen MR) is 64.6 cm³/mol. The minimum atomic E-state index is -5.06. The highest BCUT2D eigenvalue weighted by molar-refractivity contribution is 6.24. The second-order valence-corrected chi connectivity index (χ2v) is 7.37. The van der Waals surface area contributed by atoms with Gasteiger partial charge in [0.15, 0.2) is 0 Å². The first-order valence-corrected chi connectivity index (χ1v) is 7.40.